The van der Waals surface area contributed by atoms with Crippen LogP contribution >= 0.6 is 0 Å². The minimum absolute atomic E-state index is 0.0630. The molecule has 2 saturated heterocycles. The van der Waals surface area contributed by atoms with E-state index in [4.69, 9.17) is 0 Å². The molecule has 2 aliphatic heterocycles. The van der Waals surface area contributed by atoms with Gasteiger partial charge in [-0.2, -0.15) is 0 Å². The van der Waals surface area contributed by atoms with Crippen molar-refractivity contribution in [2.24, 2.45) is 0 Å². The van der Waals surface area contributed by atoms with Gasteiger partial charge in [-0.15, -0.1) is 0 Å². The van der Waals surface area contributed by atoms with Crippen LogP contribution in [0.4, 0.5) is 0 Å². The Morgan fingerprint density at radius 2 is 1.59 bits per heavy atom. The zero-order chi connectivity index (χ0) is 16.4. The summed E-state index contributed by atoms with van der Waals surface area (Å²) in [7, 11) is 3.66. The summed E-state index contributed by atoms with van der Waals surface area (Å²) < 4.78 is 0. The average molecular weight is 311 g/mol. The molecule has 2 rings (SSSR count). The van der Waals surface area contributed by atoms with Crippen molar-refractivity contribution in [2.75, 3.05) is 27.2 Å². The first-order valence-electron chi connectivity index (χ1n) is 7.84. The van der Waals surface area contributed by atoms with Crippen LogP contribution in [-0.4, -0.2) is 82.9 Å². The smallest absolute Gasteiger partial charge is 0.326 e. The lowest BCUT2D eigenvalue weighted by Crippen LogP contribution is -2.53. The van der Waals surface area contributed by atoms with E-state index in [1.165, 1.54) is 4.90 Å². The van der Waals surface area contributed by atoms with E-state index in [1.807, 2.05) is 25.9 Å². The van der Waals surface area contributed by atoms with Crippen LogP contribution in [0, 0.1) is 0 Å². The molecule has 2 heterocycles. The molecule has 2 amide bonds. The monoisotopic (exact) mass is 311 g/mol. The summed E-state index contributed by atoms with van der Waals surface area (Å²) in [5, 5.41) is 9.23. The minimum Gasteiger partial charge on any atom is -0.480 e. The summed E-state index contributed by atoms with van der Waals surface area (Å²) in [6.45, 7) is 2.86. The number of hydrogen-bond acceptors (Lipinski definition) is 4. The van der Waals surface area contributed by atoms with E-state index in [9.17, 15) is 19.5 Å². The number of carboxylic acids is 1. The van der Waals surface area contributed by atoms with Crippen LogP contribution in [0.15, 0.2) is 0 Å². The van der Waals surface area contributed by atoms with Gasteiger partial charge in [0.15, 0.2) is 0 Å². The second-order valence-electron chi connectivity index (χ2n) is 6.36. The van der Waals surface area contributed by atoms with E-state index in [0.29, 0.717) is 32.4 Å². The van der Waals surface area contributed by atoms with Gasteiger partial charge in [-0.1, -0.05) is 0 Å². The molecule has 0 bridgehead atoms. The van der Waals surface area contributed by atoms with Gasteiger partial charge in [0.2, 0.25) is 11.8 Å². The molecule has 0 radical (unpaired) electrons. The Hall–Kier alpha value is -1.63. The Kier molecular flexibility index (Phi) is 5.05. The van der Waals surface area contributed by atoms with E-state index in [1.54, 1.807) is 4.90 Å². The van der Waals surface area contributed by atoms with Gasteiger partial charge in [0.25, 0.3) is 0 Å². The van der Waals surface area contributed by atoms with Crippen LogP contribution in [0.1, 0.15) is 32.6 Å². The molecule has 3 atom stereocenters. The van der Waals surface area contributed by atoms with Gasteiger partial charge in [-0.05, 0) is 46.7 Å². The van der Waals surface area contributed by atoms with E-state index < -0.39 is 18.1 Å². The first kappa shape index (κ1) is 16.7. The van der Waals surface area contributed by atoms with Gasteiger partial charge >= 0.3 is 5.97 Å². The Morgan fingerprint density at radius 1 is 1.05 bits per heavy atom. The Labute approximate surface area is 130 Å². The zero-order valence-electron chi connectivity index (χ0n) is 13.5. The Bertz CT molecular complexity index is 466. The fraction of sp³-hybridized carbons (Fsp3) is 0.800. The summed E-state index contributed by atoms with van der Waals surface area (Å²) in [4.78, 5) is 41.4. The number of amides is 2. The molecular weight excluding hydrogens is 286 g/mol. The molecule has 2 aliphatic rings. The van der Waals surface area contributed by atoms with E-state index in [-0.39, 0.29) is 17.9 Å². The number of carbonyl (C=O) groups is 3. The molecule has 7 nitrogen and oxygen atoms in total. The van der Waals surface area contributed by atoms with Crippen molar-refractivity contribution in [1.82, 2.24) is 14.7 Å². The van der Waals surface area contributed by atoms with E-state index >= 15 is 0 Å². The lowest BCUT2D eigenvalue weighted by Gasteiger charge is -2.32. The van der Waals surface area contributed by atoms with Crippen molar-refractivity contribution >= 4 is 17.8 Å². The topological polar surface area (TPSA) is 81.2 Å². The predicted molar refractivity (Wildman–Crippen MR) is 80.3 cm³/mol. The first-order valence-corrected chi connectivity index (χ1v) is 7.84. The van der Waals surface area contributed by atoms with Crippen molar-refractivity contribution in [1.29, 1.82) is 0 Å². The number of likely N-dealkylation sites (N-methyl/N-ethyl adjacent to an activating group) is 1. The average Bonchev–Trinajstić information content (AvgIpc) is 3.13. The molecule has 0 aliphatic carbocycles. The number of aliphatic carboxylic acids is 1. The number of likely N-dealkylation sites (tertiary alicyclic amines) is 2. The number of nitrogens with zero attached hydrogens (tertiary/aromatic N) is 3. The van der Waals surface area contributed by atoms with Crippen molar-refractivity contribution < 1.29 is 19.5 Å². The van der Waals surface area contributed by atoms with Crippen molar-refractivity contribution in [3.8, 4) is 0 Å². The number of hydrogen-bond donors (Lipinski definition) is 1. The Balaban J connectivity index is 2.11. The lowest BCUT2D eigenvalue weighted by molar-refractivity contribution is -0.152. The van der Waals surface area contributed by atoms with Crippen LogP contribution in [0.25, 0.3) is 0 Å². The zero-order valence-corrected chi connectivity index (χ0v) is 13.5. The molecule has 0 unspecified atom stereocenters. The molecule has 1 N–H and O–H groups in total. The molecule has 0 saturated carbocycles. The normalized spacial score (nSPS) is 26.5. The summed E-state index contributed by atoms with van der Waals surface area (Å²) in [6, 6.07) is -1.53. The maximum atomic E-state index is 12.7. The highest BCUT2D eigenvalue weighted by Crippen LogP contribution is 2.25. The lowest BCUT2D eigenvalue weighted by atomic mass is 10.1. The maximum Gasteiger partial charge on any atom is 0.326 e. The van der Waals surface area contributed by atoms with Gasteiger partial charge in [0.05, 0.1) is 6.04 Å². The van der Waals surface area contributed by atoms with Crippen LogP contribution in [-0.2, 0) is 14.4 Å². The van der Waals surface area contributed by atoms with Crippen LogP contribution in [0.3, 0.4) is 0 Å². The van der Waals surface area contributed by atoms with Crippen molar-refractivity contribution in [3.05, 3.63) is 0 Å². The van der Waals surface area contributed by atoms with Crippen molar-refractivity contribution in [2.45, 2.75) is 50.7 Å². The molecule has 124 valence electrons. The predicted octanol–water partition coefficient (Wildman–Crippen LogP) is 0.00310. The fourth-order valence-electron chi connectivity index (χ4n) is 3.23. The highest BCUT2D eigenvalue weighted by molar-refractivity contribution is 5.92. The van der Waals surface area contributed by atoms with Gasteiger partial charge in [-0.3, -0.25) is 14.5 Å². The summed E-state index contributed by atoms with van der Waals surface area (Å²) in [6.07, 6.45) is 2.61. The second kappa shape index (κ2) is 6.64. The molecule has 0 spiro atoms. The van der Waals surface area contributed by atoms with E-state index in [0.717, 1.165) is 6.42 Å². The molecule has 0 aromatic carbocycles. The van der Waals surface area contributed by atoms with Gasteiger partial charge < -0.3 is 14.9 Å². The van der Waals surface area contributed by atoms with Crippen LogP contribution in [0.2, 0.25) is 0 Å². The Morgan fingerprint density at radius 3 is 2.14 bits per heavy atom. The van der Waals surface area contributed by atoms with Crippen LogP contribution in [0.5, 0.6) is 0 Å². The summed E-state index contributed by atoms with van der Waals surface area (Å²) in [5.41, 5.74) is 0. The minimum atomic E-state index is -0.955. The van der Waals surface area contributed by atoms with Gasteiger partial charge in [-0.25, -0.2) is 4.79 Å². The fourth-order valence-corrected chi connectivity index (χ4v) is 3.23. The molecule has 7 heteroatoms. The third kappa shape index (κ3) is 3.09. The highest BCUT2D eigenvalue weighted by Gasteiger charge is 2.42. The summed E-state index contributed by atoms with van der Waals surface area (Å²) in [5.74, 6) is -1.22. The van der Waals surface area contributed by atoms with Gasteiger partial charge in [0.1, 0.15) is 12.1 Å². The molecule has 22 heavy (non-hydrogen) atoms. The largest absolute Gasteiger partial charge is 0.480 e. The molecule has 0 aromatic rings. The standard InChI is InChI=1S/C15H25N3O4/c1-10(16(2)3)13(19)17-8-4-6-11(17)14(20)18-9-5-7-12(18)15(21)22/h10-12H,4-9H2,1-3H3,(H,21,22)/t10-,11-,12-/m0/s1. The SMILES string of the molecule is C[C@@H](C(=O)N1CCC[C@H]1C(=O)N1CCC[C@H]1C(=O)O)N(C)C. The summed E-state index contributed by atoms with van der Waals surface area (Å²) >= 11 is 0. The second-order valence-corrected chi connectivity index (χ2v) is 6.36. The number of carboxylic acid groups (broad SMARTS) is 1. The van der Waals surface area contributed by atoms with Crippen LogP contribution < -0.4 is 0 Å². The number of carbonyl (C=O) groups excluding carboxylic acids is 2. The first-order chi connectivity index (χ1) is 10.3. The highest BCUT2D eigenvalue weighted by atomic mass is 16.4. The number of rotatable bonds is 4. The van der Waals surface area contributed by atoms with Crippen molar-refractivity contribution in [3.63, 3.8) is 0 Å². The van der Waals surface area contributed by atoms with Gasteiger partial charge in [0, 0.05) is 13.1 Å². The third-order valence-corrected chi connectivity index (χ3v) is 4.77. The molecule has 2 fully saturated rings. The molecule has 0 aromatic heterocycles. The third-order valence-electron chi connectivity index (χ3n) is 4.77. The molecular formula is C15H25N3O4. The maximum absolute atomic E-state index is 12.7. The van der Waals surface area contributed by atoms with E-state index in [2.05, 4.69) is 0 Å². The quantitative estimate of drug-likeness (QED) is 0.790.